The van der Waals surface area contributed by atoms with Crippen LogP contribution in [0.15, 0.2) is 47.5 Å². The number of para-hydroxylation sites is 1. The molecule has 8 heteroatoms. The van der Waals surface area contributed by atoms with E-state index in [-0.39, 0.29) is 16.5 Å². The van der Waals surface area contributed by atoms with Crippen molar-refractivity contribution in [3.05, 3.63) is 48.7 Å². The minimum atomic E-state index is -3.62. The molecule has 0 atom stereocenters. The minimum absolute atomic E-state index is 0.00539. The molecule has 0 radical (unpaired) electrons. The summed E-state index contributed by atoms with van der Waals surface area (Å²) in [4.78, 5) is 10.3. The lowest BCUT2D eigenvalue weighted by Crippen LogP contribution is -2.05. The summed E-state index contributed by atoms with van der Waals surface area (Å²) >= 11 is 0. The molecule has 0 saturated heterocycles. The van der Waals surface area contributed by atoms with Gasteiger partial charge in [-0.2, -0.15) is 14.4 Å². The van der Waals surface area contributed by atoms with Crippen LogP contribution in [0.25, 0.3) is 0 Å². The van der Waals surface area contributed by atoms with Gasteiger partial charge in [0, 0.05) is 5.41 Å². The molecular weight excluding hydrogens is 271 g/mol. The Kier molecular flexibility index (Phi) is 3.52. The highest BCUT2D eigenvalue weighted by molar-refractivity contribution is 7.94. The van der Waals surface area contributed by atoms with Gasteiger partial charge in [-0.05, 0) is 12.1 Å². The van der Waals surface area contributed by atoms with Crippen LogP contribution in [0.4, 0.5) is 16.0 Å². The first-order chi connectivity index (χ1) is 9.03. The van der Waals surface area contributed by atoms with Gasteiger partial charge in [-0.1, -0.05) is 18.7 Å². The van der Waals surface area contributed by atoms with Crippen molar-refractivity contribution in [2.24, 2.45) is 0 Å². The summed E-state index contributed by atoms with van der Waals surface area (Å²) in [5, 5.41) is 3.46. The standard InChI is InChI=1S/C11H9FN4O2S/c1-2-19(17,18)9-6-4-3-5-8(9)15-11-14-7-13-10(12)16-11/h2-7H,1H2,(H,13,14,15,16). The average molecular weight is 280 g/mol. The number of hydrogen-bond acceptors (Lipinski definition) is 6. The van der Waals surface area contributed by atoms with Crippen molar-refractivity contribution < 1.29 is 12.8 Å². The van der Waals surface area contributed by atoms with E-state index in [0.717, 1.165) is 11.7 Å². The van der Waals surface area contributed by atoms with Crippen molar-refractivity contribution >= 4 is 21.5 Å². The number of benzene rings is 1. The van der Waals surface area contributed by atoms with Gasteiger partial charge in [0.2, 0.25) is 15.8 Å². The monoisotopic (exact) mass is 280 g/mol. The summed E-state index contributed by atoms with van der Waals surface area (Å²) in [5.41, 5.74) is 0.230. The predicted octanol–water partition coefficient (Wildman–Crippen LogP) is 1.67. The first-order valence-corrected chi connectivity index (χ1v) is 6.65. The molecule has 0 amide bonds. The van der Waals surface area contributed by atoms with E-state index >= 15 is 0 Å². The van der Waals surface area contributed by atoms with Gasteiger partial charge >= 0.3 is 6.08 Å². The van der Waals surface area contributed by atoms with Crippen molar-refractivity contribution in [2.45, 2.75) is 4.90 Å². The third-order valence-corrected chi connectivity index (χ3v) is 3.61. The number of aromatic nitrogens is 3. The number of hydrogen-bond donors (Lipinski definition) is 1. The van der Waals surface area contributed by atoms with E-state index in [1.54, 1.807) is 12.1 Å². The number of anilines is 2. The second kappa shape index (κ2) is 5.11. The molecule has 6 nitrogen and oxygen atoms in total. The number of halogens is 1. The van der Waals surface area contributed by atoms with Crippen molar-refractivity contribution in [2.75, 3.05) is 5.32 Å². The van der Waals surface area contributed by atoms with Crippen LogP contribution in [0.1, 0.15) is 0 Å². The zero-order valence-electron chi connectivity index (χ0n) is 9.62. The lowest BCUT2D eigenvalue weighted by Gasteiger charge is -2.08. The summed E-state index contributed by atoms with van der Waals surface area (Å²) in [6.07, 6.45) is 0.0245. The largest absolute Gasteiger partial charge is 0.323 e. The van der Waals surface area contributed by atoms with Crippen LogP contribution in [-0.2, 0) is 9.84 Å². The van der Waals surface area contributed by atoms with Gasteiger partial charge in [-0.3, -0.25) is 0 Å². The van der Waals surface area contributed by atoms with E-state index in [1.165, 1.54) is 12.1 Å². The quantitative estimate of drug-likeness (QED) is 0.917. The van der Waals surface area contributed by atoms with Crippen LogP contribution in [-0.4, -0.2) is 23.4 Å². The number of nitrogens with one attached hydrogen (secondary N) is 1. The van der Waals surface area contributed by atoms with Crippen molar-refractivity contribution in [1.82, 2.24) is 15.0 Å². The maximum absolute atomic E-state index is 12.8. The number of sulfone groups is 1. The molecule has 0 unspecified atom stereocenters. The van der Waals surface area contributed by atoms with Crippen LogP contribution >= 0.6 is 0 Å². The Bertz CT molecular complexity index is 718. The first kappa shape index (κ1) is 13.1. The van der Waals surface area contributed by atoms with E-state index in [4.69, 9.17) is 0 Å². The molecule has 1 heterocycles. The molecule has 1 aromatic carbocycles. The fourth-order valence-corrected chi connectivity index (χ4v) is 2.24. The van der Waals surface area contributed by atoms with Gasteiger partial charge < -0.3 is 5.32 Å². The number of nitrogens with zero attached hydrogens (tertiary/aromatic N) is 3. The van der Waals surface area contributed by atoms with Crippen molar-refractivity contribution in [3.63, 3.8) is 0 Å². The maximum Gasteiger partial charge on any atom is 0.313 e. The second-order valence-corrected chi connectivity index (χ2v) is 5.27. The summed E-state index contributed by atoms with van der Waals surface area (Å²) in [6.45, 7) is 3.25. The van der Waals surface area contributed by atoms with Gasteiger partial charge in [-0.15, -0.1) is 0 Å². The zero-order chi connectivity index (χ0) is 13.9. The molecule has 0 saturated carbocycles. The molecule has 1 N–H and O–H groups in total. The van der Waals surface area contributed by atoms with E-state index in [0.29, 0.717) is 0 Å². The Morgan fingerprint density at radius 2 is 2.00 bits per heavy atom. The molecule has 19 heavy (non-hydrogen) atoms. The minimum Gasteiger partial charge on any atom is -0.323 e. The van der Waals surface area contributed by atoms with E-state index in [9.17, 15) is 12.8 Å². The lowest BCUT2D eigenvalue weighted by atomic mass is 10.3. The molecule has 1 aromatic heterocycles. The Labute approximate surface area is 109 Å². The Morgan fingerprint density at radius 1 is 1.26 bits per heavy atom. The molecule has 0 aliphatic heterocycles. The Hall–Kier alpha value is -2.35. The molecule has 2 rings (SSSR count). The van der Waals surface area contributed by atoms with Crippen LogP contribution in [0.5, 0.6) is 0 Å². The predicted molar refractivity (Wildman–Crippen MR) is 66.9 cm³/mol. The van der Waals surface area contributed by atoms with Gasteiger partial charge in [-0.25, -0.2) is 13.4 Å². The van der Waals surface area contributed by atoms with Gasteiger partial charge in [0.1, 0.15) is 6.33 Å². The SMILES string of the molecule is C=CS(=O)(=O)c1ccccc1Nc1ncnc(F)n1. The van der Waals surface area contributed by atoms with E-state index < -0.39 is 15.9 Å². The summed E-state index contributed by atoms with van der Waals surface area (Å²) < 4.78 is 36.4. The summed E-state index contributed by atoms with van der Waals surface area (Å²) in [7, 11) is -3.62. The van der Waals surface area contributed by atoms with E-state index in [2.05, 4.69) is 26.8 Å². The van der Waals surface area contributed by atoms with Crippen LogP contribution in [0.2, 0.25) is 0 Å². The third-order valence-electron chi connectivity index (χ3n) is 2.20. The molecule has 0 aliphatic carbocycles. The normalized spacial score (nSPS) is 11.0. The van der Waals surface area contributed by atoms with Crippen molar-refractivity contribution in [3.8, 4) is 0 Å². The Balaban J connectivity index is 2.44. The highest BCUT2D eigenvalue weighted by atomic mass is 32.2. The number of rotatable bonds is 4. The second-order valence-electron chi connectivity index (χ2n) is 3.41. The fraction of sp³-hybridized carbons (Fsp3) is 0. The highest BCUT2D eigenvalue weighted by Crippen LogP contribution is 2.24. The van der Waals surface area contributed by atoms with Crippen molar-refractivity contribution in [1.29, 1.82) is 0 Å². The van der Waals surface area contributed by atoms with Gasteiger partial charge in [0.25, 0.3) is 0 Å². The summed E-state index contributed by atoms with van der Waals surface area (Å²) in [5.74, 6) is -0.0841. The van der Waals surface area contributed by atoms with Gasteiger partial charge in [0.15, 0.2) is 0 Å². The van der Waals surface area contributed by atoms with E-state index in [1.807, 2.05) is 0 Å². The summed E-state index contributed by atoms with van der Waals surface area (Å²) in [6, 6.07) is 6.10. The molecule has 0 bridgehead atoms. The fourth-order valence-electron chi connectivity index (χ4n) is 1.36. The van der Waals surface area contributed by atoms with Crippen LogP contribution < -0.4 is 5.32 Å². The third kappa shape index (κ3) is 2.91. The molecule has 98 valence electrons. The highest BCUT2D eigenvalue weighted by Gasteiger charge is 2.15. The maximum atomic E-state index is 12.8. The molecule has 0 spiro atoms. The van der Waals surface area contributed by atoms with Crippen LogP contribution in [0, 0.1) is 6.08 Å². The zero-order valence-corrected chi connectivity index (χ0v) is 10.4. The lowest BCUT2D eigenvalue weighted by molar-refractivity contribution is 0.534. The molecule has 0 aliphatic rings. The van der Waals surface area contributed by atoms with Gasteiger partial charge in [0.05, 0.1) is 10.6 Å². The Morgan fingerprint density at radius 3 is 2.68 bits per heavy atom. The first-order valence-electron chi connectivity index (χ1n) is 5.11. The average Bonchev–Trinajstić information content (AvgIpc) is 2.39. The molecule has 2 aromatic rings. The topological polar surface area (TPSA) is 84.8 Å². The molecular formula is C11H9FN4O2S. The smallest absolute Gasteiger partial charge is 0.313 e. The molecule has 0 fully saturated rings. The van der Waals surface area contributed by atoms with Crippen LogP contribution in [0.3, 0.4) is 0 Å².